The van der Waals surface area contributed by atoms with Crippen molar-refractivity contribution in [3.8, 4) is 11.5 Å². The van der Waals surface area contributed by atoms with Gasteiger partial charge in [-0.15, -0.1) is 10.2 Å². The smallest absolute Gasteiger partial charge is 0.314 e. The molecule has 2 heterocycles. The third kappa shape index (κ3) is 3.47. The summed E-state index contributed by atoms with van der Waals surface area (Å²) >= 11 is 0. The van der Waals surface area contributed by atoms with Crippen LogP contribution >= 0.6 is 0 Å². The molecule has 0 bridgehead atoms. The highest BCUT2D eigenvalue weighted by Crippen LogP contribution is 2.21. The molecule has 0 N–H and O–H groups in total. The molecule has 0 spiro atoms. The van der Waals surface area contributed by atoms with Crippen LogP contribution in [0.1, 0.15) is 17.9 Å². The molecule has 6 nitrogen and oxygen atoms in total. The van der Waals surface area contributed by atoms with E-state index < -0.39 is 12.3 Å². The van der Waals surface area contributed by atoms with Crippen LogP contribution < -0.4 is 5.56 Å². The maximum Gasteiger partial charge on any atom is 0.314 e. The van der Waals surface area contributed by atoms with Crippen LogP contribution in [0.25, 0.3) is 11.5 Å². The fourth-order valence-electron chi connectivity index (χ4n) is 2.04. The van der Waals surface area contributed by atoms with E-state index in [2.05, 4.69) is 15.3 Å². The summed E-state index contributed by atoms with van der Waals surface area (Å²) in [4.78, 5) is 12.0. The Morgan fingerprint density at radius 2 is 1.96 bits per heavy atom. The number of aryl methyl sites for hydroxylation is 2. The van der Waals surface area contributed by atoms with Gasteiger partial charge in [0, 0.05) is 12.6 Å². The molecule has 0 radical (unpaired) electrons. The van der Waals surface area contributed by atoms with Crippen molar-refractivity contribution in [3.63, 3.8) is 0 Å². The molecule has 3 rings (SSSR count). The second-order valence-electron chi connectivity index (χ2n) is 4.79. The number of halogens is 2. The molecule has 0 atom stereocenters. The summed E-state index contributed by atoms with van der Waals surface area (Å²) in [5.41, 5.74) is 0.935. The largest absolute Gasteiger partial charge is 0.415 e. The lowest BCUT2D eigenvalue weighted by Gasteiger charge is -2.04. The monoisotopic (exact) mass is 318 g/mol. The predicted octanol–water partition coefficient (Wildman–Crippen LogP) is 2.47. The van der Waals surface area contributed by atoms with Gasteiger partial charge in [0.2, 0.25) is 5.89 Å². The Bertz CT molecular complexity index is 846. The van der Waals surface area contributed by atoms with Gasteiger partial charge in [-0.3, -0.25) is 4.79 Å². The van der Waals surface area contributed by atoms with Gasteiger partial charge in [-0.2, -0.15) is 13.9 Å². The molecule has 0 aliphatic rings. The fourth-order valence-corrected chi connectivity index (χ4v) is 2.04. The Hall–Kier alpha value is -2.90. The van der Waals surface area contributed by atoms with Gasteiger partial charge in [-0.25, -0.2) is 4.68 Å². The lowest BCUT2D eigenvalue weighted by molar-refractivity contribution is 0.116. The lowest BCUT2D eigenvalue weighted by Crippen LogP contribution is -2.23. The third-order valence-corrected chi connectivity index (χ3v) is 3.20. The molecular weight excluding hydrogens is 306 g/mol. The first-order valence-corrected chi connectivity index (χ1v) is 6.86. The van der Waals surface area contributed by atoms with Crippen LogP contribution in [-0.2, 0) is 13.0 Å². The number of hydrogen-bond acceptors (Lipinski definition) is 5. The number of aromatic nitrogens is 4. The van der Waals surface area contributed by atoms with Gasteiger partial charge in [0.05, 0.1) is 11.8 Å². The first-order valence-electron chi connectivity index (χ1n) is 6.86. The standard InChI is InChI=1S/C15H12F2N4O2/c16-13(17)15-20-19-14(23-15)11-8-12(22)21(18-9-11)7-6-10-4-2-1-3-5-10/h1-5,8-9,13H,6-7H2. The van der Waals surface area contributed by atoms with Crippen LogP contribution in [0.4, 0.5) is 8.78 Å². The average molecular weight is 318 g/mol. The average Bonchev–Trinajstić information content (AvgIpc) is 3.05. The van der Waals surface area contributed by atoms with Crippen molar-refractivity contribution < 1.29 is 13.2 Å². The van der Waals surface area contributed by atoms with E-state index in [9.17, 15) is 13.6 Å². The number of hydrogen-bond donors (Lipinski definition) is 0. The van der Waals surface area contributed by atoms with Gasteiger partial charge in [0.15, 0.2) is 0 Å². The van der Waals surface area contributed by atoms with Crippen molar-refractivity contribution in [1.29, 1.82) is 0 Å². The van der Waals surface area contributed by atoms with E-state index in [-0.39, 0.29) is 17.0 Å². The van der Waals surface area contributed by atoms with Crippen LogP contribution in [0.5, 0.6) is 0 Å². The Labute approximate surface area is 129 Å². The predicted molar refractivity (Wildman–Crippen MR) is 76.9 cm³/mol. The molecule has 0 saturated carbocycles. The summed E-state index contributed by atoms with van der Waals surface area (Å²) < 4.78 is 30.9. The second-order valence-corrected chi connectivity index (χ2v) is 4.79. The maximum atomic E-state index is 12.4. The molecule has 0 aliphatic carbocycles. The topological polar surface area (TPSA) is 73.8 Å². The van der Waals surface area contributed by atoms with Crippen LogP contribution in [0, 0.1) is 0 Å². The molecule has 1 aromatic carbocycles. The van der Waals surface area contributed by atoms with E-state index in [1.807, 2.05) is 30.3 Å². The minimum atomic E-state index is -2.85. The maximum absolute atomic E-state index is 12.4. The Morgan fingerprint density at radius 3 is 2.61 bits per heavy atom. The Kier molecular flexibility index (Phi) is 4.22. The summed E-state index contributed by atoms with van der Waals surface area (Å²) in [6.07, 6.45) is -0.853. The summed E-state index contributed by atoms with van der Waals surface area (Å²) in [7, 11) is 0. The van der Waals surface area contributed by atoms with E-state index in [0.29, 0.717) is 13.0 Å². The zero-order valence-corrected chi connectivity index (χ0v) is 11.9. The highest BCUT2D eigenvalue weighted by atomic mass is 19.3. The fraction of sp³-hybridized carbons (Fsp3) is 0.200. The molecule has 0 fully saturated rings. The summed E-state index contributed by atoms with van der Waals surface area (Å²) in [5, 5.41) is 10.7. The van der Waals surface area contributed by atoms with Gasteiger partial charge in [0.1, 0.15) is 0 Å². The normalized spacial score (nSPS) is 11.1. The molecule has 23 heavy (non-hydrogen) atoms. The molecule has 0 unspecified atom stereocenters. The van der Waals surface area contributed by atoms with Crippen LogP contribution in [0.2, 0.25) is 0 Å². The number of rotatable bonds is 5. The molecule has 0 amide bonds. The molecule has 118 valence electrons. The van der Waals surface area contributed by atoms with E-state index >= 15 is 0 Å². The second kappa shape index (κ2) is 6.47. The first-order chi connectivity index (χ1) is 11.1. The minimum absolute atomic E-state index is 0.153. The molecule has 0 aliphatic heterocycles. The van der Waals surface area contributed by atoms with Gasteiger partial charge < -0.3 is 4.42 Å². The van der Waals surface area contributed by atoms with Crippen molar-refractivity contribution in [1.82, 2.24) is 20.0 Å². The Morgan fingerprint density at radius 1 is 1.17 bits per heavy atom. The SMILES string of the molecule is O=c1cc(-c2nnc(C(F)F)o2)cnn1CCc1ccccc1. The summed E-state index contributed by atoms with van der Waals surface area (Å²) in [6, 6.07) is 10.9. The van der Waals surface area contributed by atoms with E-state index in [1.165, 1.54) is 16.9 Å². The Balaban J connectivity index is 1.76. The van der Waals surface area contributed by atoms with Gasteiger partial charge >= 0.3 is 6.43 Å². The van der Waals surface area contributed by atoms with Gasteiger partial charge in [0.25, 0.3) is 11.4 Å². The minimum Gasteiger partial charge on any atom is -0.415 e. The highest BCUT2D eigenvalue weighted by molar-refractivity contribution is 5.49. The van der Waals surface area contributed by atoms with E-state index in [1.54, 1.807) is 0 Å². The van der Waals surface area contributed by atoms with Crippen molar-refractivity contribution in [2.45, 2.75) is 19.4 Å². The molecule has 8 heteroatoms. The van der Waals surface area contributed by atoms with Crippen molar-refractivity contribution in [2.75, 3.05) is 0 Å². The molecular formula is C15H12F2N4O2. The van der Waals surface area contributed by atoms with Crippen molar-refractivity contribution in [3.05, 3.63) is 64.4 Å². The number of benzene rings is 1. The van der Waals surface area contributed by atoms with Crippen LogP contribution in [0.3, 0.4) is 0 Å². The lowest BCUT2D eigenvalue weighted by atomic mass is 10.1. The zero-order chi connectivity index (χ0) is 16.2. The number of nitrogens with zero attached hydrogens (tertiary/aromatic N) is 4. The highest BCUT2D eigenvalue weighted by Gasteiger charge is 2.17. The zero-order valence-electron chi connectivity index (χ0n) is 11.9. The van der Waals surface area contributed by atoms with Crippen molar-refractivity contribution >= 4 is 0 Å². The van der Waals surface area contributed by atoms with Crippen LogP contribution in [-0.4, -0.2) is 20.0 Å². The molecule has 3 aromatic rings. The quantitative estimate of drug-likeness (QED) is 0.722. The van der Waals surface area contributed by atoms with Crippen molar-refractivity contribution in [2.24, 2.45) is 0 Å². The third-order valence-electron chi connectivity index (χ3n) is 3.20. The first kappa shape index (κ1) is 15.0. The van der Waals surface area contributed by atoms with Crippen LogP contribution in [0.15, 0.2) is 51.8 Å². The summed E-state index contributed by atoms with van der Waals surface area (Å²) in [6.45, 7) is 0.412. The van der Waals surface area contributed by atoms with E-state index in [4.69, 9.17) is 4.42 Å². The van der Waals surface area contributed by atoms with E-state index in [0.717, 1.165) is 5.56 Å². The van der Waals surface area contributed by atoms with Gasteiger partial charge in [-0.1, -0.05) is 30.3 Å². The molecule has 2 aromatic heterocycles. The summed E-state index contributed by atoms with van der Waals surface area (Å²) in [5.74, 6) is -0.937. The molecule has 0 saturated heterocycles. The number of alkyl halides is 2. The van der Waals surface area contributed by atoms with Gasteiger partial charge in [-0.05, 0) is 12.0 Å².